The molecule has 2 aromatic heterocycles. The summed E-state index contributed by atoms with van der Waals surface area (Å²) in [6.45, 7) is 9.25. The van der Waals surface area contributed by atoms with Crippen LogP contribution in [0.2, 0.25) is 5.02 Å². The zero-order valence-electron chi connectivity index (χ0n) is 19.8. The number of H-pyrrole nitrogens is 1. The molecule has 0 saturated heterocycles. The van der Waals surface area contributed by atoms with E-state index >= 15 is 0 Å². The van der Waals surface area contributed by atoms with Crippen LogP contribution in [-0.2, 0) is 19.5 Å². The molecule has 0 aromatic carbocycles. The summed E-state index contributed by atoms with van der Waals surface area (Å²) < 4.78 is 12.4. The monoisotopic (exact) mass is 560 g/mol. The van der Waals surface area contributed by atoms with Crippen molar-refractivity contribution >= 4 is 27.5 Å². The van der Waals surface area contributed by atoms with Gasteiger partial charge in [0.25, 0.3) is 5.56 Å². The normalized spacial score (nSPS) is 25.3. The standard InChI is InChI=1S/C24H26BrClN6O3/c1-23(2,3)12-32-24-8-14(24)7-18(19(25)20(24)28-30-32)34-22-13(6-15(26)9-27-22)10-31-5-4-17-16(11-31)21(33)29-35-17/h6-7,9,14H,4-5,8,10-12H2,1-3H3,(H,29,33). The van der Waals surface area contributed by atoms with Crippen LogP contribution in [0.5, 0.6) is 5.88 Å². The number of rotatable bonds is 5. The zero-order valence-corrected chi connectivity index (χ0v) is 22.1. The van der Waals surface area contributed by atoms with Crippen LogP contribution in [0.15, 0.2) is 53.9 Å². The van der Waals surface area contributed by atoms with Gasteiger partial charge >= 0.3 is 0 Å². The van der Waals surface area contributed by atoms with E-state index in [9.17, 15) is 4.79 Å². The highest BCUT2D eigenvalue weighted by atomic mass is 79.9. The summed E-state index contributed by atoms with van der Waals surface area (Å²) in [6.07, 6.45) is 5.37. The fraction of sp³-hybridized carbons (Fsp3) is 0.500. The number of pyridine rings is 1. The van der Waals surface area contributed by atoms with Crippen LogP contribution >= 0.6 is 27.5 Å². The van der Waals surface area contributed by atoms with Gasteiger partial charge in [-0.15, -0.1) is 5.11 Å². The Balaban J connectivity index is 1.24. The summed E-state index contributed by atoms with van der Waals surface area (Å²) in [4.78, 5) is 18.7. The maximum absolute atomic E-state index is 12.0. The minimum Gasteiger partial charge on any atom is -0.438 e. The predicted octanol–water partition coefficient (Wildman–Crippen LogP) is 4.95. The Hall–Kier alpha value is -2.43. The van der Waals surface area contributed by atoms with Crippen LogP contribution in [-0.4, -0.2) is 38.7 Å². The number of aromatic amines is 1. The first-order chi connectivity index (χ1) is 16.6. The Bertz CT molecular complexity index is 1360. The number of ether oxygens (including phenoxy) is 1. The van der Waals surface area contributed by atoms with Crippen molar-refractivity contribution in [3.05, 3.63) is 66.5 Å². The number of allylic oxidation sites excluding steroid dienone is 1. The molecule has 2 aromatic rings. The maximum Gasteiger partial charge on any atom is 0.284 e. The van der Waals surface area contributed by atoms with Gasteiger partial charge in [-0.25, -0.2) is 4.98 Å². The van der Waals surface area contributed by atoms with Crippen molar-refractivity contribution in [2.24, 2.45) is 21.7 Å². The molecule has 11 heteroatoms. The Kier molecular flexibility index (Phi) is 5.28. The molecule has 4 aliphatic rings. The van der Waals surface area contributed by atoms with Crippen molar-refractivity contribution in [2.45, 2.75) is 52.2 Å². The molecule has 0 bridgehead atoms. The van der Waals surface area contributed by atoms with Crippen LogP contribution in [0, 0.1) is 11.3 Å². The Morgan fingerprint density at radius 2 is 2.23 bits per heavy atom. The largest absolute Gasteiger partial charge is 0.438 e. The maximum atomic E-state index is 12.0. The highest BCUT2D eigenvalue weighted by molar-refractivity contribution is 9.12. The van der Waals surface area contributed by atoms with Crippen LogP contribution in [0.25, 0.3) is 0 Å². The van der Waals surface area contributed by atoms with Crippen LogP contribution < -0.4 is 10.3 Å². The molecule has 2 unspecified atom stereocenters. The fourth-order valence-electron chi connectivity index (χ4n) is 5.17. The average Bonchev–Trinajstić information content (AvgIpc) is 3.25. The lowest BCUT2D eigenvalue weighted by molar-refractivity contribution is 0.153. The third-order valence-corrected chi connectivity index (χ3v) is 7.89. The third-order valence-electron chi connectivity index (χ3n) is 6.92. The lowest BCUT2D eigenvalue weighted by atomic mass is 9.94. The number of nitrogens with zero attached hydrogens (tertiary/aromatic N) is 5. The molecule has 184 valence electrons. The molecular weight excluding hydrogens is 536 g/mol. The van der Waals surface area contributed by atoms with E-state index in [0.717, 1.165) is 41.0 Å². The summed E-state index contributed by atoms with van der Waals surface area (Å²) in [5.41, 5.74) is 2.21. The van der Waals surface area contributed by atoms with Gasteiger partial charge in [0.1, 0.15) is 22.8 Å². The van der Waals surface area contributed by atoms with Gasteiger partial charge in [-0.05, 0) is 39.9 Å². The van der Waals surface area contributed by atoms with E-state index in [2.05, 4.69) is 73.2 Å². The van der Waals surface area contributed by atoms with E-state index in [1.165, 1.54) is 0 Å². The molecule has 6 rings (SSSR count). The minimum absolute atomic E-state index is 0.113. The van der Waals surface area contributed by atoms with Crippen molar-refractivity contribution in [1.82, 2.24) is 20.0 Å². The second-order valence-electron chi connectivity index (χ2n) is 10.9. The lowest BCUT2D eigenvalue weighted by Gasteiger charge is -2.31. The average molecular weight is 562 g/mol. The third kappa shape index (κ3) is 3.95. The summed E-state index contributed by atoms with van der Waals surface area (Å²) in [5, 5.41) is 14.1. The number of aromatic nitrogens is 2. The summed E-state index contributed by atoms with van der Waals surface area (Å²) in [7, 11) is 0. The molecular formula is C24H26BrClN6O3. The van der Waals surface area contributed by atoms with E-state index in [1.807, 2.05) is 6.07 Å². The fourth-order valence-corrected chi connectivity index (χ4v) is 5.99. The number of hydrogen-bond donors (Lipinski definition) is 1. The molecule has 9 nitrogen and oxygen atoms in total. The van der Waals surface area contributed by atoms with Gasteiger partial charge in [0.2, 0.25) is 5.88 Å². The van der Waals surface area contributed by atoms with E-state index in [0.29, 0.717) is 41.7 Å². The molecule has 0 radical (unpaired) electrons. The Morgan fingerprint density at radius 1 is 1.40 bits per heavy atom. The van der Waals surface area contributed by atoms with Gasteiger partial charge in [0, 0.05) is 50.3 Å². The quantitative estimate of drug-likeness (QED) is 0.555. The van der Waals surface area contributed by atoms with Gasteiger partial charge in [-0.2, -0.15) is 5.16 Å². The molecule has 2 aliphatic carbocycles. The zero-order chi connectivity index (χ0) is 24.5. The minimum atomic E-state index is -0.174. The summed E-state index contributed by atoms with van der Waals surface area (Å²) in [6, 6.07) is 1.87. The second-order valence-corrected chi connectivity index (χ2v) is 12.1. The number of halogens is 2. The topological polar surface area (TPSA) is 99.3 Å². The molecule has 2 atom stereocenters. The van der Waals surface area contributed by atoms with Crippen LogP contribution in [0.1, 0.15) is 44.1 Å². The number of hydrogen-bond acceptors (Lipinski definition) is 8. The van der Waals surface area contributed by atoms with E-state index in [4.69, 9.17) is 20.9 Å². The molecule has 2 aliphatic heterocycles. The van der Waals surface area contributed by atoms with Gasteiger partial charge in [0.15, 0.2) is 0 Å². The second kappa shape index (κ2) is 8.04. The molecule has 35 heavy (non-hydrogen) atoms. The van der Waals surface area contributed by atoms with E-state index < -0.39 is 0 Å². The van der Waals surface area contributed by atoms with Gasteiger partial charge in [0.05, 0.1) is 15.1 Å². The van der Waals surface area contributed by atoms with E-state index in [1.54, 1.807) is 6.20 Å². The molecule has 1 spiro atoms. The highest BCUT2D eigenvalue weighted by Crippen LogP contribution is 2.63. The smallest absolute Gasteiger partial charge is 0.284 e. The summed E-state index contributed by atoms with van der Waals surface area (Å²) >= 11 is 10.0. The molecule has 0 amide bonds. The molecule has 1 saturated carbocycles. The number of nitrogens with one attached hydrogen (secondary N) is 1. The molecule has 4 heterocycles. The van der Waals surface area contributed by atoms with Gasteiger partial charge in [-0.3, -0.25) is 14.7 Å². The lowest BCUT2D eigenvalue weighted by Crippen LogP contribution is -2.39. The van der Waals surface area contributed by atoms with E-state index in [-0.39, 0.29) is 22.4 Å². The SMILES string of the molecule is CC(C)(C)CN1N=NC2=C(Br)C(Oc3ncc(Cl)cc3CN3CCc4o[nH]c(=O)c4C3)=CC3CC231. The van der Waals surface area contributed by atoms with Crippen molar-refractivity contribution in [2.75, 3.05) is 13.1 Å². The van der Waals surface area contributed by atoms with Crippen molar-refractivity contribution in [3.8, 4) is 5.88 Å². The predicted molar refractivity (Wildman–Crippen MR) is 133 cm³/mol. The van der Waals surface area contributed by atoms with Crippen molar-refractivity contribution in [1.29, 1.82) is 0 Å². The molecule has 1 N–H and O–H groups in total. The first kappa shape index (κ1) is 23.0. The molecule has 1 fully saturated rings. The van der Waals surface area contributed by atoms with Crippen molar-refractivity contribution in [3.63, 3.8) is 0 Å². The highest BCUT2D eigenvalue weighted by Gasteiger charge is 2.66. The van der Waals surface area contributed by atoms with Crippen molar-refractivity contribution < 1.29 is 9.26 Å². The van der Waals surface area contributed by atoms with Gasteiger partial charge < -0.3 is 9.26 Å². The van der Waals surface area contributed by atoms with Crippen LogP contribution in [0.3, 0.4) is 0 Å². The first-order valence-electron chi connectivity index (χ1n) is 11.7. The first-order valence-corrected chi connectivity index (χ1v) is 12.9. The number of fused-ring (bicyclic) bond motifs is 1. The Morgan fingerprint density at radius 3 is 3.03 bits per heavy atom. The Labute approximate surface area is 215 Å². The summed E-state index contributed by atoms with van der Waals surface area (Å²) in [5.74, 6) is 2.20. The van der Waals surface area contributed by atoms with Gasteiger partial charge in [-0.1, -0.05) is 37.6 Å². The van der Waals surface area contributed by atoms with Crippen LogP contribution in [0.4, 0.5) is 0 Å².